The first-order valence-electron chi connectivity index (χ1n) is 15.0. The third kappa shape index (κ3) is 8.86. The van der Waals surface area contributed by atoms with Crippen molar-refractivity contribution in [1.82, 2.24) is 10.2 Å². The number of amides is 3. The highest BCUT2D eigenvalue weighted by atomic mass is 16.6. The average molecular weight is 608 g/mol. The van der Waals surface area contributed by atoms with Crippen LogP contribution >= 0.6 is 0 Å². The van der Waals surface area contributed by atoms with Crippen molar-refractivity contribution in [2.45, 2.75) is 51.2 Å². The van der Waals surface area contributed by atoms with Gasteiger partial charge in [-0.3, -0.25) is 14.5 Å². The average Bonchev–Trinajstić information content (AvgIpc) is 3.57. The number of nitrogens with two attached hydrogens (primary N) is 1. The van der Waals surface area contributed by atoms with E-state index in [0.29, 0.717) is 44.1 Å². The monoisotopic (exact) mass is 607 g/mol. The molecule has 1 aliphatic rings. The Morgan fingerprint density at radius 3 is 1.87 bits per heavy atom. The molecule has 4 aromatic rings. The van der Waals surface area contributed by atoms with E-state index < -0.39 is 30.0 Å². The molecule has 1 heterocycles. The van der Waals surface area contributed by atoms with E-state index in [1.807, 2.05) is 97.1 Å². The quantitative estimate of drug-likeness (QED) is 0.217. The number of ether oxygens (including phenoxy) is 3. The Hall–Kier alpha value is -5.31. The van der Waals surface area contributed by atoms with Gasteiger partial charge in [-0.05, 0) is 47.2 Å². The summed E-state index contributed by atoms with van der Waals surface area (Å²) >= 11 is 0. The van der Waals surface area contributed by atoms with E-state index in [2.05, 4.69) is 5.32 Å². The largest absolute Gasteiger partial charge is 0.485 e. The van der Waals surface area contributed by atoms with Gasteiger partial charge >= 0.3 is 6.09 Å². The fourth-order valence-corrected chi connectivity index (χ4v) is 5.17. The van der Waals surface area contributed by atoms with Crippen LogP contribution in [0.1, 0.15) is 35.1 Å². The van der Waals surface area contributed by atoms with Crippen LogP contribution < -0.4 is 20.5 Å². The molecule has 9 nitrogen and oxygen atoms in total. The number of hydrogen-bond acceptors (Lipinski definition) is 6. The minimum atomic E-state index is -1.00. The zero-order valence-corrected chi connectivity index (χ0v) is 25.0. The van der Waals surface area contributed by atoms with Crippen molar-refractivity contribution in [2.24, 2.45) is 5.73 Å². The number of nitrogens with one attached hydrogen (secondary N) is 1. The van der Waals surface area contributed by atoms with E-state index in [-0.39, 0.29) is 13.0 Å². The highest BCUT2D eigenvalue weighted by Crippen LogP contribution is 2.31. The van der Waals surface area contributed by atoms with Crippen LogP contribution in [0.15, 0.2) is 109 Å². The molecule has 4 aromatic carbocycles. The van der Waals surface area contributed by atoms with Gasteiger partial charge in [0.05, 0.1) is 0 Å². The maximum Gasteiger partial charge on any atom is 0.410 e. The molecule has 3 amide bonds. The fraction of sp³-hybridized carbons (Fsp3) is 0.250. The molecule has 2 atom stereocenters. The smallest absolute Gasteiger partial charge is 0.410 e. The summed E-state index contributed by atoms with van der Waals surface area (Å²) < 4.78 is 17.7. The number of nitrogens with zero attached hydrogens (tertiary/aromatic N) is 1. The third-order valence-electron chi connectivity index (χ3n) is 7.58. The second-order valence-corrected chi connectivity index (χ2v) is 10.9. The Morgan fingerprint density at radius 2 is 1.29 bits per heavy atom. The van der Waals surface area contributed by atoms with Crippen molar-refractivity contribution < 1.29 is 28.6 Å². The van der Waals surface area contributed by atoms with Crippen LogP contribution in [-0.4, -0.2) is 41.4 Å². The summed E-state index contributed by atoms with van der Waals surface area (Å²) in [6.07, 6.45) is 0.667. The molecule has 1 aliphatic heterocycles. The van der Waals surface area contributed by atoms with Gasteiger partial charge in [0.1, 0.15) is 31.9 Å². The summed E-state index contributed by atoms with van der Waals surface area (Å²) in [7, 11) is 0. The highest BCUT2D eigenvalue weighted by Gasteiger charge is 2.36. The molecule has 0 saturated carbocycles. The van der Waals surface area contributed by atoms with Gasteiger partial charge in [0, 0.05) is 13.0 Å². The number of hydrogen-bond donors (Lipinski definition) is 2. The van der Waals surface area contributed by atoms with Crippen LogP contribution in [0, 0.1) is 0 Å². The van der Waals surface area contributed by atoms with E-state index >= 15 is 0 Å². The first-order valence-corrected chi connectivity index (χ1v) is 15.0. The molecule has 0 unspecified atom stereocenters. The van der Waals surface area contributed by atoms with Gasteiger partial charge in [0.25, 0.3) is 0 Å². The molecule has 0 aromatic heterocycles. The van der Waals surface area contributed by atoms with E-state index in [1.165, 1.54) is 4.90 Å². The van der Waals surface area contributed by atoms with Gasteiger partial charge in [-0.25, -0.2) is 4.79 Å². The Labute approximate surface area is 262 Å². The molecule has 0 bridgehead atoms. The molecule has 45 heavy (non-hydrogen) atoms. The van der Waals surface area contributed by atoms with Crippen LogP contribution in [-0.2, 0) is 40.6 Å². The maximum atomic E-state index is 13.3. The molecular weight excluding hydrogens is 570 g/mol. The normalized spacial score (nSPS) is 14.8. The van der Waals surface area contributed by atoms with Gasteiger partial charge < -0.3 is 25.3 Å². The molecule has 1 saturated heterocycles. The van der Waals surface area contributed by atoms with Crippen LogP contribution in [0.2, 0.25) is 0 Å². The summed E-state index contributed by atoms with van der Waals surface area (Å²) in [5.41, 5.74) is 9.31. The second kappa shape index (κ2) is 15.4. The summed E-state index contributed by atoms with van der Waals surface area (Å²) in [5, 5.41) is 2.77. The van der Waals surface area contributed by atoms with Crippen LogP contribution in [0.25, 0.3) is 0 Å². The maximum absolute atomic E-state index is 13.3. The van der Waals surface area contributed by atoms with Crippen molar-refractivity contribution in [3.05, 3.63) is 131 Å². The molecule has 1 fully saturated rings. The lowest BCUT2D eigenvalue weighted by atomic mass is 10.0. The van der Waals surface area contributed by atoms with Gasteiger partial charge in [-0.15, -0.1) is 0 Å². The molecular formula is C36H37N3O6. The first kappa shape index (κ1) is 31.1. The lowest BCUT2D eigenvalue weighted by Gasteiger charge is -2.25. The van der Waals surface area contributed by atoms with Gasteiger partial charge in [-0.2, -0.15) is 0 Å². The zero-order chi connectivity index (χ0) is 31.4. The SMILES string of the molecule is NC(=O)[C@@H](Cc1ccc(OCc2ccccc2)c(OCc2ccccc2)c1)NC(=O)[C@H]1CCCN1C(=O)OCc1ccccc1. The lowest BCUT2D eigenvalue weighted by molar-refractivity contribution is -0.130. The Balaban J connectivity index is 1.25. The first-order chi connectivity index (χ1) is 22.0. The molecule has 5 rings (SSSR count). The Morgan fingerprint density at radius 1 is 0.733 bits per heavy atom. The number of benzene rings is 4. The number of carbonyl (C=O) groups excluding carboxylic acids is 3. The minimum Gasteiger partial charge on any atom is -0.485 e. The van der Waals surface area contributed by atoms with Crippen molar-refractivity contribution in [2.75, 3.05) is 6.54 Å². The second-order valence-electron chi connectivity index (χ2n) is 10.9. The lowest BCUT2D eigenvalue weighted by Crippen LogP contribution is -2.53. The fourth-order valence-electron chi connectivity index (χ4n) is 5.17. The Bertz CT molecular complexity index is 1570. The molecule has 232 valence electrons. The van der Waals surface area contributed by atoms with Crippen LogP contribution in [0.4, 0.5) is 4.79 Å². The van der Waals surface area contributed by atoms with Crippen molar-refractivity contribution in [1.29, 1.82) is 0 Å². The highest BCUT2D eigenvalue weighted by molar-refractivity contribution is 5.91. The van der Waals surface area contributed by atoms with Gasteiger partial charge in [0.2, 0.25) is 11.8 Å². The third-order valence-corrected chi connectivity index (χ3v) is 7.58. The van der Waals surface area contributed by atoms with E-state index in [0.717, 1.165) is 22.3 Å². The predicted molar refractivity (Wildman–Crippen MR) is 169 cm³/mol. The number of primary amides is 1. The van der Waals surface area contributed by atoms with Crippen LogP contribution in [0.3, 0.4) is 0 Å². The van der Waals surface area contributed by atoms with Crippen LogP contribution in [0.5, 0.6) is 11.5 Å². The van der Waals surface area contributed by atoms with Crippen molar-refractivity contribution in [3.63, 3.8) is 0 Å². The summed E-state index contributed by atoms with van der Waals surface area (Å²) in [6.45, 7) is 1.17. The predicted octanol–water partition coefficient (Wildman–Crippen LogP) is 5.16. The van der Waals surface area contributed by atoms with E-state index in [9.17, 15) is 14.4 Å². The van der Waals surface area contributed by atoms with Gasteiger partial charge in [-0.1, -0.05) is 97.1 Å². The minimum absolute atomic E-state index is 0.105. The van der Waals surface area contributed by atoms with Crippen molar-refractivity contribution in [3.8, 4) is 11.5 Å². The molecule has 9 heteroatoms. The van der Waals surface area contributed by atoms with Gasteiger partial charge in [0.15, 0.2) is 11.5 Å². The van der Waals surface area contributed by atoms with E-state index in [4.69, 9.17) is 19.9 Å². The summed E-state index contributed by atoms with van der Waals surface area (Å²) in [6, 6.07) is 32.6. The topological polar surface area (TPSA) is 120 Å². The number of likely N-dealkylation sites (tertiary alicyclic amines) is 1. The summed E-state index contributed by atoms with van der Waals surface area (Å²) in [4.78, 5) is 40.1. The molecule has 0 spiro atoms. The zero-order valence-electron chi connectivity index (χ0n) is 25.0. The molecule has 0 radical (unpaired) electrons. The standard InChI is InChI=1S/C36H37N3O6/c37-34(40)30(38-35(41)31-17-10-20-39(31)36(42)45-25-28-15-8-3-9-16-28)21-29-18-19-32(43-23-26-11-4-1-5-12-26)33(22-29)44-24-27-13-6-2-7-14-27/h1-9,11-16,18-19,22,30-31H,10,17,20-21,23-25H2,(H2,37,40)(H,38,41)/t30-,31-/m1/s1. The number of rotatable bonds is 13. The number of carbonyl (C=O) groups is 3. The Kier molecular flexibility index (Phi) is 10.7. The summed E-state index contributed by atoms with van der Waals surface area (Å²) in [5.74, 6) is -0.0780. The van der Waals surface area contributed by atoms with E-state index in [1.54, 1.807) is 12.1 Å². The van der Waals surface area contributed by atoms with Crippen molar-refractivity contribution >= 4 is 17.9 Å². The molecule has 3 N–H and O–H groups in total. The molecule has 0 aliphatic carbocycles.